The minimum absolute atomic E-state index is 0. The van der Waals surface area contributed by atoms with Crippen LogP contribution in [0.4, 0.5) is 10.1 Å². The normalized spacial score (nSPS) is 16.2. The van der Waals surface area contributed by atoms with Crippen molar-refractivity contribution in [3.05, 3.63) is 29.6 Å². The summed E-state index contributed by atoms with van der Waals surface area (Å²) in [5, 5.41) is 8.76. The molecule has 1 aromatic rings. The summed E-state index contributed by atoms with van der Waals surface area (Å²) >= 11 is 0. The Morgan fingerprint density at radius 3 is 2.39 bits per heavy atom. The van der Waals surface area contributed by atoms with Crippen LogP contribution in [0.25, 0.3) is 0 Å². The van der Waals surface area contributed by atoms with Crippen LogP contribution in [-0.2, 0) is 0 Å². The lowest BCUT2D eigenvalue weighted by molar-refractivity contribution is 0.0696. The molecule has 0 saturated carbocycles. The van der Waals surface area contributed by atoms with E-state index in [1.807, 2.05) is 11.9 Å². The average molecular weight is 275 g/mol. The Balaban J connectivity index is 0.00000162. The number of anilines is 1. The first-order valence-corrected chi connectivity index (χ1v) is 5.54. The molecule has 0 unspecified atom stereocenters. The molecule has 0 bridgehead atoms. The van der Waals surface area contributed by atoms with Crippen molar-refractivity contribution < 1.29 is 14.3 Å². The minimum atomic E-state index is -1.10. The number of rotatable bonds is 2. The molecular formula is C12H16ClFN2O2. The standard InChI is InChI=1S/C12H15FN2O2.ClH/c1-14-4-6-15(7-5-14)11-3-2-9(12(16)17)8-10(11)13;/h2-3,8H,4-7H2,1H3,(H,16,17);1H. The molecule has 0 amide bonds. The Morgan fingerprint density at radius 2 is 1.89 bits per heavy atom. The number of halogens is 2. The van der Waals surface area contributed by atoms with Gasteiger partial charge in [0, 0.05) is 26.2 Å². The van der Waals surface area contributed by atoms with Gasteiger partial charge in [-0.05, 0) is 25.2 Å². The highest BCUT2D eigenvalue weighted by molar-refractivity contribution is 5.88. The predicted molar refractivity (Wildman–Crippen MR) is 70.3 cm³/mol. The van der Waals surface area contributed by atoms with Crippen LogP contribution in [0.5, 0.6) is 0 Å². The molecule has 2 rings (SSSR count). The highest BCUT2D eigenvalue weighted by atomic mass is 35.5. The van der Waals surface area contributed by atoms with E-state index < -0.39 is 11.8 Å². The first-order chi connectivity index (χ1) is 8.08. The first-order valence-electron chi connectivity index (χ1n) is 5.54. The van der Waals surface area contributed by atoms with Crippen molar-refractivity contribution in [2.45, 2.75) is 0 Å². The number of hydrogen-bond acceptors (Lipinski definition) is 3. The summed E-state index contributed by atoms with van der Waals surface area (Å²) in [4.78, 5) is 14.8. The van der Waals surface area contributed by atoms with Gasteiger partial charge in [0.25, 0.3) is 0 Å². The summed E-state index contributed by atoms with van der Waals surface area (Å²) in [6, 6.07) is 4.07. The zero-order valence-corrected chi connectivity index (χ0v) is 10.9. The zero-order chi connectivity index (χ0) is 12.4. The summed E-state index contributed by atoms with van der Waals surface area (Å²) in [5.41, 5.74) is 0.475. The van der Waals surface area contributed by atoms with Crippen molar-refractivity contribution in [2.75, 3.05) is 38.1 Å². The molecule has 1 N–H and O–H groups in total. The van der Waals surface area contributed by atoms with E-state index in [1.54, 1.807) is 6.07 Å². The molecule has 0 spiro atoms. The molecular weight excluding hydrogens is 259 g/mol. The fraction of sp³-hybridized carbons (Fsp3) is 0.417. The van der Waals surface area contributed by atoms with Gasteiger partial charge in [-0.25, -0.2) is 9.18 Å². The summed E-state index contributed by atoms with van der Waals surface area (Å²) in [5.74, 6) is -1.57. The van der Waals surface area contributed by atoms with Gasteiger partial charge >= 0.3 is 5.97 Å². The highest BCUT2D eigenvalue weighted by Crippen LogP contribution is 2.21. The van der Waals surface area contributed by atoms with Crippen LogP contribution in [0.15, 0.2) is 18.2 Å². The van der Waals surface area contributed by atoms with Gasteiger partial charge in [-0.2, -0.15) is 0 Å². The van der Waals surface area contributed by atoms with Crippen molar-refractivity contribution in [3.63, 3.8) is 0 Å². The summed E-state index contributed by atoms with van der Waals surface area (Å²) in [7, 11) is 2.03. The van der Waals surface area contributed by atoms with E-state index in [2.05, 4.69) is 4.90 Å². The van der Waals surface area contributed by atoms with Gasteiger partial charge in [0.1, 0.15) is 5.82 Å². The van der Waals surface area contributed by atoms with Gasteiger partial charge in [0.2, 0.25) is 0 Å². The smallest absolute Gasteiger partial charge is 0.335 e. The quantitative estimate of drug-likeness (QED) is 0.891. The lowest BCUT2D eigenvalue weighted by Crippen LogP contribution is -2.44. The molecule has 0 atom stereocenters. The Labute approximate surface area is 111 Å². The van der Waals surface area contributed by atoms with Crippen LogP contribution >= 0.6 is 12.4 Å². The summed E-state index contributed by atoms with van der Waals surface area (Å²) < 4.78 is 13.8. The Morgan fingerprint density at radius 1 is 1.28 bits per heavy atom. The molecule has 1 heterocycles. The third-order valence-electron chi connectivity index (χ3n) is 3.04. The monoisotopic (exact) mass is 274 g/mol. The molecule has 1 aliphatic heterocycles. The van der Waals surface area contributed by atoms with Crippen LogP contribution in [0.3, 0.4) is 0 Å². The molecule has 1 aliphatic rings. The number of nitrogens with zero attached hydrogens (tertiary/aromatic N) is 2. The Kier molecular flexibility index (Phi) is 4.93. The number of piperazine rings is 1. The molecule has 0 aromatic heterocycles. The molecule has 4 nitrogen and oxygen atoms in total. The molecule has 0 aliphatic carbocycles. The third kappa shape index (κ3) is 3.11. The molecule has 1 fully saturated rings. The van der Waals surface area contributed by atoms with Gasteiger partial charge in [0.05, 0.1) is 11.3 Å². The van der Waals surface area contributed by atoms with E-state index in [4.69, 9.17) is 5.11 Å². The van der Waals surface area contributed by atoms with Crippen molar-refractivity contribution >= 4 is 24.1 Å². The number of hydrogen-bond donors (Lipinski definition) is 1. The lowest BCUT2D eigenvalue weighted by Gasteiger charge is -2.34. The largest absolute Gasteiger partial charge is 0.478 e. The molecule has 6 heteroatoms. The average Bonchev–Trinajstić information content (AvgIpc) is 2.30. The van der Waals surface area contributed by atoms with E-state index in [0.29, 0.717) is 5.69 Å². The van der Waals surface area contributed by atoms with Crippen molar-refractivity contribution in [1.29, 1.82) is 0 Å². The van der Waals surface area contributed by atoms with E-state index in [9.17, 15) is 9.18 Å². The second kappa shape index (κ2) is 6.02. The van der Waals surface area contributed by atoms with E-state index in [0.717, 1.165) is 32.2 Å². The van der Waals surface area contributed by atoms with E-state index >= 15 is 0 Å². The maximum atomic E-state index is 13.8. The second-order valence-electron chi connectivity index (χ2n) is 4.26. The number of benzene rings is 1. The van der Waals surface area contributed by atoms with Crippen molar-refractivity contribution in [2.24, 2.45) is 0 Å². The summed E-state index contributed by atoms with van der Waals surface area (Å²) in [6.45, 7) is 3.31. The lowest BCUT2D eigenvalue weighted by atomic mass is 10.1. The van der Waals surface area contributed by atoms with Crippen LogP contribution in [0.1, 0.15) is 10.4 Å². The highest BCUT2D eigenvalue weighted by Gasteiger charge is 2.18. The third-order valence-corrected chi connectivity index (χ3v) is 3.04. The molecule has 18 heavy (non-hydrogen) atoms. The Bertz CT molecular complexity index is 434. The van der Waals surface area contributed by atoms with Crippen LogP contribution in [0.2, 0.25) is 0 Å². The maximum Gasteiger partial charge on any atom is 0.335 e. The topological polar surface area (TPSA) is 43.8 Å². The van der Waals surface area contributed by atoms with E-state index in [1.165, 1.54) is 6.07 Å². The predicted octanol–water partition coefficient (Wildman–Crippen LogP) is 1.70. The number of likely N-dealkylation sites (N-methyl/N-ethyl adjacent to an activating group) is 1. The van der Waals surface area contributed by atoms with Gasteiger partial charge in [-0.3, -0.25) is 0 Å². The molecule has 1 saturated heterocycles. The van der Waals surface area contributed by atoms with E-state index in [-0.39, 0.29) is 18.0 Å². The van der Waals surface area contributed by atoms with Crippen molar-refractivity contribution in [1.82, 2.24) is 4.90 Å². The first kappa shape index (κ1) is 14.7. The van der Waals surface area contributed by atoms with Gasteiger partial charge < -0.3 is 14.9 Å². The second-order valence-corrected chi connectivity index (χ2v) is 4.26. The fourth-order valence-corrected chi connectivity index (χ4v) is 1.94. The summed E-state index contributed by atoms with van der Waals surface area (Å²) in [6.07, 6.45) is 0. The van der Waals surface area contributed by atoms with Gasteiger partial charge in [-0.15, -0.1) is 12.4 Å². The molecule has 1 aromatic carbocycles. The number of carboxylic acids is 1. The molecule has 100 valence electrons. The van der Waals surface area contributed by atoms with Crippen LogP contribution < -0.4 is 4.90 Å². The van der Waals surface area contributed by atoms with Gasteiger partial charge in [0.15, 0.2) is 0 Å². The van der Waals surface area contributed by atoms with Crippen LogP contribution in [0, 0.1) is 5.82 Å². The fourth-order valence-electron chi connectivity index (χ4n) is 1.94. The SMILES string of the molecule is CN1CCN(c2ccc(C(=O)O)cc2F)CC1.Cl. The molecule has 0 radical (unpaired) electrons. The number of aromatic carboxylic acids is 1. The van der Waals surface area contributed by atoms with Crippen LogP contribution in [-0.4, -0.2) is 49.2 Å². The zero-order valence-electron chi connectivity index (χ0n) is 10.1. The number of carbonyl (C=O) groups is 1. The number of carboxylic acid groups (broad SMARTS) is 1. The van der Waals surface area contributed by atoms with Crippen molar-refractivity contribution in [3.8, 4) is 0 Å². The minimum Gasteiger partial charge on any atom is -0.478 e. The Hall–Kier alpha value is -1.33. The van der Waals surface area contributed by atoms with Gasteiger partial charge in [-0.1, -0.05) is 0 Å². The maximum absolute atomic E-state index is 13.8.